The maximum absolute atomic E-state index is 5.40. The molecule has 0 bridgehead atoms. The van der Waals surface area contributed by atoms with Crippen molar-refractivity contribution in [2.24, 2.45) is 5.73 Å². The van der Waals surface area contributed by atoms with Gasteiger partial charge in [-0.1, -0.05) is 6.04 Å². The van der Waals surface area contributed by atoms with E-state index < -0.39 is 17.4 Å². The maximum Gasteiger partial charge on any atom is 0.461 e. The highest BCUT2D eigenvalue weighted by Crippen LogP contribution is 2.06. The van der Waals surface area contributed by atoms with Crippen molar-refractivity contribution in [3.63, 3.8) is 0 Å². The summed E-state index contributed by atoms with van der Waals surface area (Å²) in [6, 6.07) is 1.14. The van der Waals surface area contributed by atoms with E-state index in [4.69, 9.17) is 19.0 Å². The summed E-state index contributed by atoms with van der Waals surface area (Å²) in [5.74, 6) is 0. The molecular formula is C6H19NO3Si2. The minimum absolute atomic E-state index is 0.400. The van der Waals surface area contributed by atoms with E-state index in [2.05, 4.69) is 0 Å². The lowest BCUT2D eigenvalue weighted by molar-refractivity contribution is 0.148. The van der Waals surface area contributed by atoms with E-state index in [0.717, 1.165) is 19.0 Å². The van der Waals surface area contributed by atoms with Gasteiger partial charge in [-0.3, -0.25) is 0 Å². The summed E-state index contributed by atoms with van der Waals surface area (Å²) in [4.78, 5) is 0. The van der Waals surface area contributed by atoms with Crippen LogP contribution in [0.2, 0.25) is 6.04 Å². The van der Waals surface area contributed by atoms with Gasteiger partial charge in [0.2, 0.25) is 0 Å². The zero-order valence-electron chi connectivity index (χ0n) is 8.13. The van der Waals surface area contributed by atoms with Crippen LogP contribution in [-0.2, 0) is 13.3 Å². The summed E-state index contributed by atoms with van der Waals surface area (Å²) in [6.45, 7) is 0.745. The Bertz CT molecular complexity index is 103. The molecule has 0 aromatic carbocycles. The molecule has 0 rings (SSSR count). The minimum atomic E-state index is -2.17. The van der Waals surface area contributed by atoms with E-state index in [0.29, 0.717) is 0 Å². The fourth-order valence-electron chi connectivity index (χ4n) is 1.04. The molecule has 0 atom stereocenters. The van der Waals surface area contributed by atoms with Gasteiger partial charge < -0.3 is 19.0 Å². The molecule has 74 valence electrons. The number of hydrogen-bond donors (Lipinski definition) is 1. The van der Waals surface area contributed by atoms with Crippen molar-refractivity contribution in [2.75, 3.05) is 27.9 Å². The van der Waals surface area contributed by atoms with Gasteiger partial charge in [0.15, 0.2) is 0 Å². The molecule has 0 spiro atoms. The topological polar surface area (TPSA) is 53.7 Å². The molecule has 0 aromatic rings. The Labute approximate surface area is 77.4 Å². The lowest BCUT2D eigenvalue weighted by Crippen LogP contribution is -2.49. The highest BCUT2D eigenvalue weighted by atomic mass is 29.2. The Morgan fingerprint density at radius 2 is 1.67 bits per heavy atom. The van der Waals surface area contributed by atoms with Crippen molar-refractivity contribution in [1.29, 1.82) is 0 Å². The molecule has 2 N–H and O–H groups in total. The van der Waals surface area contributed by atoms with Gasteiger partial charge in [0.25, 0.3) is 0 Å². The second kappa shape index (κ2) is 6.75. The smallest absolute Gasteiger partial charge is 0.380 e. The van der Waals surface area contributed by atoms with Crippen LogP contribution in [0.5, 0.6) is 0 Å². The highest BCUT2D eigenvalue weighted by Gasteiger charge is 2.36. The summed E-state index contributed by atoms with van der Waals surface area (Å²) in [6.07, 6.45) is 1.05. The van der Waals surface area contributed by atoms with Gasteiger partial charge >= 0.3 is 8.32 Å². The molecular weight excluding hydrogens is 190 g/mol. The molecule has 0 saturated heterocycles. The largest absolute Gasteiger partial charge is 0.461 e. The molecule has 0 aromatic heterocycles. The second-order valence-corrected chi connectivity index (χ2v) is 10.4. The monoisotopic (exact) mass is 209 g/mol. The van der Waals surface area contributed by atoms with Crippen molar-refractivity contribution in [2.45, 2.75) is 12.5 Å². The summed E-state index contributed by atoms with van der Waals surface area (Å²) >= 11 is 0. The maximum atomic E-state index is 5.40. The molecule has 0 heterocycles. The molecule has 0 unspecified atom stereocenters. The third-order valence-electron chi connectivity index (χ3n) is 1.87. The summed E-state index contributed by atoms with van der Waals surface area (Å²) in [7, 11) is 2.41. The van der Waals surface area contributed by atoms with Crippen LogP contribution in [0.15, 0.2) is 0 Å². The average molecular weight is 209 g/mol. The Morgan fingerprint density at radius 3 is 2.00 bits per heavy atom. The zero-order valence-corrected chi connectivity index (χ0v) is 10.5. The van der Waals surface area contributed by atoms with E-state index >= 15 is 0 Å². The van der Waals surface area contributed by atoms with Gasteiger partial charge in [-0.2, -0.15) is 0 Å². The normalized spacial score (nSPS) is 13.0. The van der Waals surface area contributed by atoms with Crippen LogP contribution in [0.3, 0.4) is 0 Å². The first-order chi connectivity index (χ1) is 5.74. The Morgan fingerprint density at radius 1 is 1.17 bits per heavy atom. The Kier molecular flexibility index (Phi) is 6.91. The molecule has 4 nitrogen and oxygen atoms in total. The van der Waals surface area contributed by atoms with Crippen molar-refractivity contribution >= 4 is 17.4 Å². The van der Waals surface area contributed by atoms with E-state index in [1.807, 2.05) is 0 Å². The highest BCUT2D eigenvalue weighted by molar-refractivity contribution is 7.14. The van der Waals surface area contributed by atoms with Gasteiger partial charge in [-0.25, -0.2) is 0 Å². The number of hydrogen-bond acceptors (Lipinski definition) is 4. The van der Waals surface area contributed by atoms with Crippen LogP contribution in [0, 0.1) is 0 Å². The van der Waals surface area contributed by atoms with Crippen molar-refractivity contribution in [1.82, 2.24) is 0 Å². The predicted octanol–water partition coefficient (Wildman–Crippen LogP) is -0.703. The van der Waals surface area contributed by atoms with Crippen LogP contribution >= 0.6 is 0 Å². The van der Waals surface area contributed by atoms with Crippen LogP contribution in [0.25, 0.3) is 0 Å². The standard InChI is InChI=1S/C6H19NO3Si2/c1-8-12(9-2,10-3)11-6-4-5-7/h4-7,11H2,1-3H3. The number of nitrogens with two attached hydrogens (primary N) is 1. The third kappa shape index (κ3) is 3.79. The molecule has 0 saturated carbocycles. The SMILES string of the molecule is CO[Si](OC)(OC)[SiH2]CCCN. The molecule has 0 amide bonds. The van der Waals surface area contributed by atoms with Crippen molar-refractivity contribution in [3.8, 4) is 0 Å². The molecule has 0 aliphatic carbocycles. The predicted molar refractivity (Wildman–Crippen MR) is 53.8 cm³/mol. The molecule has 0 radical (unpaired) electrons. The molecule has 0 fully saturated rings. The Hall–Kier alpha value is 0.274. The summed E-state index contributed by atoms with van der Waals surface area (Å²) in [5.41, 5.74) is 5.40. The second-order valence-electron chi connectivity index (χ2n) is 2.54. The quantitative estimate of drug-likeness (QED) is 0.445. The van der Waals surface area contributed by atoms with Crippen LogP contribution in [0.1, 0.15) is 6.42 Å². The van der Waals surface area contributed by atoms with E-state index in [1.165, 1.54) is 0 Å². The summed E-state index contributed by atoms with van der Waals surface area (Å²) in [5, 5.41) is 0. The fraction of sp³-hybridized carbons (Fsp3) is 1.00. The van der Waals surface area contributed by atoms with E-state index in [-0.39, 0.29) is 0 Å². The van der Waals surface area contributed by atoms with Gasteiger partial charge in [0, 0.05) is 21.3 Å². The summed E-state index contributed by atoms with van der Waals surface area (Å²) < 4.78 is 15.9. The first kappa shape index (κ1) is 12.3. The van der Waals surface area contributed by atoms with Crippen LogP contribution in [0.4, 0.5) is 0 Å². The van der Waals surface area contributed by atoms with Gasteiger partial charge in [0.1, 0.15) is 9.04 Å². The third-order valence-corrected chi connectivity index (χ3v) is 10.7. The van der Waals surface area contributed by atoms with E-state index in [9.17, 15) is 0 Å². The molecule has 6 heteroatoms. The van der Waals surface area contributed by atoms with Gasteiger partial charge in [0.05, 0.1) is 0 Å². The van der Waals surface area contributed by atoms with Crippen molar-refractivity contribution < 1.29 is 13.3 Å². The van der Waals surface area contributed by atoms with Crippen molar-refractivity contribution in [3.05, 3.63) is 0 Å². The first-order valence-electron chi connectivity index (χ1n) is 4.10. The van der Waals surface area contributed by atoms with Gasteiger partial charge in [-0.05, 0) is 13.0 Å². The molecule has 0 aliphatic heterocycles. The number of rotatable bonds is 7. The lowest BCUT2D eigenvalue weighted by atomic mass is 10.5. The lowest BCUT2D eigenvalue weighted by Gasteiger charge is -2.24. The van der Waals surface area contributed by atoms with E-state index in [1.54, 1.807) is 21.3 Å². The minimum Gasteiger partial charge on any atom is -0.380 e. The molecule has 0 aliphatic rings. The van der Waals surface area contributed by atoms with Crippen LogP contribution in [-0.4, -0.2) is 45.2 Å². The fourth-order valence-corrected chi connectivity index (χ4v) is 7.01. The average Bonchev–Trinajstić information content (AvgIpc) is 2.14. The molecule has 12 heavy (non-hydrogen) atoms. The first-order valence-corrected chi connectivity index (χ1v) is 9.15. The zero-order chi connectivity index (χ0) is 9.45. The van der Waals surface area contributed by atoms with Crippen LogP contribution < -0.4 is 5.73 Å². The van der Waals surface area contributed by atoms with Gasteiger partial charge in [-0.15, -0.1) is 0 Å². The Balaban J connectivity index is 3.76.